The smallest absolute Gasteiger partial charge is 0.140 e. The Kier molecular flexibility index (Phi) is 2.90. The van der Waals surface area contributed by atoms with E-state index in [2.05, 4.69) is 9.55 Å². The van der Waals surface area contributed by atoms with Gasteiger partial charge in [-0.15, -0.1) is 0 Å². The van der Waals surface area contributed by atoms with Crippen molar-refractivity contribution in [1.29, 1.82) is 0 Å². The van der Waals surface area contributed by atoms with Crippen LogP contribution in [0.5, 0.6) is 0 Å². The van der Waals surface area contributed by atoms with Crippen molar-refractivity contribution in [1.82, 2.24) is 14.5 Å². The molecule has 0 fully saturated rings. The lowest BCUT2D eigenvalue weighted by molar-refractivity contribution is 0.0729. The minimum Gasteiger partial charge on any atom is -0.384 e. The zero-order valence-electron chi connectivity index (χ0n) is 11.4. The fourth-order valence-corrected chi connectivity index (χ4v) is 2.75. The summed E-state index contributed by atoms with van der Waals surface area (Å²) in [4.78, 5) is 8.77. The Morgan fingerprint density at radius 2 is 1.95 bits per heavy atom. The summed E-state index contributed by atoms with van der Waals surface area (Å²) in [5, 5.41) is 10.3. The molecule has 0 saturated carbocycles. The van der Waals surface area contributed by atoms with E-state index >= 15 is 0 Å². The Morgan fingerprint density at radius 1 is 1.21 bits per heavy atom. The number of nitrogens with zero attached hydrogens (tertiary/aromatic N) is 3. The highest BCUT2D eigenvalue weighted by Crippen LogP contribution is 2.32. The molecular formula is C15H19N3O. The molecule has 0 aromatic carbocycles. The first-order valence-corrected chi connectivity index (χ1v) is 6.80. The van der Waals surface area contributed by atoms with Crippen molar-refractivity contribution in [3.05, 3.63) is 35.9 Å². The van der Waals surface area contributed by atoms with Crippen LogP contribution in [0.1, 0.15) is 38.1 Å². The lowest BCUT2D eigenvalue weighted by Gasteiger charge is -2.21. The Balaban J connectivity index is 2.18. The van der Waals surface area contributed by atoms with E-state index in [1.165, 1.54) is 18.5 Å². The zero-order valence-corrected chi connectivity index (χ0v) is 11.4. The molecule has 4 heteroatoms. The lowest BCUT2D eigenvalue weighted by Crippen LogP contribution is -2.20. The van der Waals surface area contributed by atoms with Crippen LogP contribution in [0, 0.1) is 0 Å². The summed E-state index contributed by atoms with van der Waals surface area (Å²) in [6.07, 6.45) is 6.90. The Labute approximate surface area is 113 Å². The molecule has 3 rings (SSSR count). The quantitative estimate of drug-likeness (QED) is 0.899. The number of hydrogen-bond acceptors (Lipinski definition) is 3. The summed E-state index contributed by atoms with van der Waals surface area (Å²) < 4.78 is 2.26. The highest BCUT2D eigenvalue weighted by Gasteiger charge is 2.29. The van der Waals surface area contributed by atoms with E-state index in [1.54, 1.807) is 26.2 Å². The second kappa shape index (κ2) is 4.46. The third kappa shape index (κ3) is 2.16. The Hall–Kier alpha value is -1.68. The van der Waals surface area contributed by atoms with E-state index in [-0.39, 0.29) is 0 Å². The van der Waals surface area contributed by atoms with Crippen LogP contribution < -0.4 is 0 Å². The van der Waals surface area contributed by atoms with Gasteiger partial charge in [0.1, 0.15) is 11.4 Å². The summed E-state index contributed by atoms with van der Waals surface area (Å²) in [6.45, 7) is 4.60. The Bertz CT molecular complexity index is 581. The van der Waals surface area contributed by atoms with Gasteiger partial charge in [-0.05, 0) is 45.2 Å². The van der Waals surface area contributed by atoms with Gasteiger partial charge in [0, 0.05) is 30.2 Å². The minimum absolute atomic E-state index is 0.819. The van der Waals surface area contributed by atoms with E-state index in [1.807, 2.05) is 12.1 Å². The maximum Gasteiger partial charge on any atom is 0.140 e. The average Bonchev–Trinajstić information content (AvgIpc) is 2.79. The maximum absolute atomic E-state index is 10.3. The molecule has 1 aliphatic rings. The molecule has 1 aliphatic heterocycles. The third-order valence-electron chi connectivity index (χ3n) is 3.64. The molecule has 19 heavy (non-hydrogen) atoms. The van der Waals surface area contributed by atoms with Crippen molar-refractivity contribution in [3.8, 4) is 11.4 Å². The summed E-state index contributed by atoms with van der Waals surface area (Å²) in [5.74, 6) is 0.953. The van der Waals surface area contributed by atoms with Crippen LogP contribution in [-0.4, -0.2) is 19.6 Å². The Morgan fingerprint density at radius 3 is 2.63 bits per heavy atom. The first kappa shape index (κ1) is 12.4. The van der Waals surface area contributed by atoms with Crippen molar-refractivity contribution >= 4 is 0 Å². The fraction of sp³-hybridized carbons (Fsp3) is 0.467. The molecule has 0 saturated heterocycles. The molecule has 0 amide bonds. The molecule has 0 aliphatic carbocycles. The van der Waals surface area contributed by atoms with Gasteiger partial charge in [-0.3, -0.25) is 4.98 Å². The van der Waals surface area contributed by atoms with Crippen LogP contribution >= 0.6 is 0 Å². The monoisotopic (exact) mass is 257 g/mol. The number of hydrogen-bond donors (Lipinski definition) is 1. The molecule has 2 aromatic rings. The molecule has 2 aromatic heterocycles. The van der Waals surface area contributed by atoms with E-state index in [0.717, 1.165) is 30.0 Å². The van der Waals surface area contributed by atoms with E-state index in [4.69, 9.17) is 4.98 Å². The molecule has 0 bridgehead atoms. The second-order valence-corrected chi connectivity index (χ2v) is 5.63. The summed E-state index contributed by atoms with van der Waals surface area (Å²) in [5.41, 5.74) is 2.18. The van der Waals surface area contributed by atoms with Gasteiger partial charge in [-0.2, -0.15) is 0 Å². The normalized spacial score (nSPS) is 15.3. The number of pyridine rings is 1. The van der Waals surface area contributed by atoms with E-state index in [9.17, 15) is 5.11 Å². The number of imidazole rings is 1. The first-order valence-electron chi connectivity index (χ1n) is 6.80. The zero-order chi connectivity index (χ0) is 13.5. The van der Waals surface area contributed by atoms with Crippen molar-refractivity contribution in [3.63, 3.8) is 0 Å². The SMILES string of the molecule is CC(C)(O)c1nc(-c2ccncc2)n2c1CCCC2. The molecule has 0 unspecified atom stereocenters. The van der Waals surface area contributed by atoms with Gasteiger partial charge >= 0.3 is 0 Å². The van der Waals surface area contributed by atoms with Crippen LogP contribution in [0.3, 0.4) is 0 Å². The molecule has 3 heterocycles. The van der Waals surface area contributed by atoms with Gasteiger partial charge in [0.05, 0.1) is 5.69 Å². The third-order valence-corrected chi connectivity index (χ3v) is 3.64. The number of rotatable bonds is 2. The molecule has 0 spiro atoms. The molecule has 1 N–H and O–H groups in total. The predicted octanol–water partition coefficient (Wildman–Crippen LogP) is 2.51. The van der Waals surface area contributed by atoms with Gasteiger partial charge in [-0.25, -0.2) is 4.98 Å². The van der Waals surface area contributed by atoms with Crippen molar-refractivity contribution in [2.24, 2.45) is 0 Å². The van der Waals surface area contributed by atoms with Gasteiger partial charge < -0.3 is 9.67 Å². The van der Waals surface area contributed by atoms with Crippen molar-refractivity contribution in [2.45, 2.75) is 45.3 Å². The summed E-state index contributed by atoms with van der Waals surface area (Å²) in [6, 6.07) is 3.94. The largest absolute Gasteiger partial charge is 0.384 e. The molecule has 0 radical (unpaired) electrons. The number of fused-ring (bicyclic) bond motifs is 1. The first-order chi connectivity index (χ1) is 9.07. The van der Waals surface area contributed by atoms with Crippen LogP contribution in [0.15, 0.2) is 24.5 Å². The van der Waals surface area contributed by atoms with Gasteiger partial charge in [-0.1, -0.05) is 0 Å². The average molecular weight is 257 g/mol. The van der Waals surface area contributed by atoms with Crippen molar-refractivity contribution < 1.29 is 5.11 Å². The molecule has 100 valence electrons. The molecule has 0 atom stereocenters. The minimum atomic E-state index is -0.889. The number of aromatic nitrogens is 3. The van der Waals surface area contributed by atoms with E-state index < -0.39 is 5.60 Å². The van der Waals surface area contributed by atoms with Gasteiger partial charge in [0.25, 0.3) is 0 Å². The lowest BCUT2D eigenvalue weighted by atomic mass is 9.99. The highest BCUT2D eigenvalue weighted by molar-refractivity contribution is 5.56. The van der Waals surface area contributed by atoms with Crippen LogP contribution in [0.4, 0.5) is 0 Å². The molecular weight excluding hydrogens is 238 g/mol. The highest BCUT2D eigenvalue weighted by atomic mass is 16.3. The number of aliphatic hydroxyl groups is 1. The standard InChI is InChI=1S/C15H19N3O/c1-15(2,19)13-12-5-3-4-10-18(12)14(17-13)11-6-8-16-9-7-11/h6-9,19H,3-5,10H2,1-2H3. The summed E-state index contributed by atoms with van der Waals surface area (Å²) >= 11 is 0. The maximum atomic E-state index is 10.3. The van der Waals surface area contributed by atoms with Crippen LogP contribution in [0.2, 0.25) is 0 Å². The second-order valence-electron chi connectivity index (χ2n) is 5.63. The fourth-order valence-electron chi connectivity index (χ4n) is 2.75. The van der Waals surface area contributed by atoms with Crippen LogP contribution in [-0.2, 0) is 18.6 Å². The summed E-state index contributed by atoms with van der Waals surface area (Å²) in [7, 11) is 0. The van der Waals surface area contributed by atoms with Crippen molar-refractivity contribution in [2.75, 3.05) is 0 Å². The topological polar surface area (TPSA) is 50.9 Å². The van der Waals surface area contributed by atoms with E-state index in [0.29, 0.717) is 0 Å². The van der Waals surface area contributed by atoms with Gasteiger partial charge in [0.15, 0.2) is 0 Å². The molecule has 4 nitrogen and oxygen atoms in total. The predicted molar refractivity (Wildman–Crippen MR) is 73.6 cm³/mol. The van der Waals surface area contributed by atoms with Gasteiger partial charge in [0.2, 0.25) is 0 Å². The van der Waals surface area contributed by atoms with Crippen LogP contribution in [0.25, 0.3) is 11.4 Å².